The number of benzene rings is 1. The molecule has 0 bridgehead atoms. The topological polar surface area (TPSA) is 177 Å². The molecule has 5 atom stereocenters. The van der Waals surface area contributed by atoms with Crippen LogP contribution >= 0.6 is 0 Å². The van der Waals surface area contributed by atoms with Crippen molar-refractivity contribution in [3.63, 3.8) is 0 Å². The van der Waals surface area contributed by atoms with Gasteiger partial charge in [0.1, 0.15) is 18.1 Å². The summed E-state index contributed by atoms with van der Waals surface area (Å²) in [6.07, 6.45) is 2.73. The van der Waals surface area contributed by atoms with Gasteiger partial charge in [-0.1, -0.05) is 64.4 Å². The summed E-state index contributed by atoms with van der Waals surface area (Å²) in [7, 11) is 0. The molecule has 37 heavy (non-hydrogen) atoms. The van der Waals surface area contributed by atoms with E-state index < -0.39 is 47.9 Å². The van der Waals surface area contributed by atoms with Gasteiger partial charge in [-0.05, 0) is 49.6 Å². The van der Waals surface area contributed by atoms with E-state index in [-0.39, 0.29) is 18.3 Å². The van der Waals surface area contributed by atoms with Gasteiger partial charge in [0.2, 0.25) is 17.7 Å². The molecular formula is C27H45N5O5. The van der Waals surface area contributed by atoms with E-state index in [1.165, 1.54) is 0 Å². The first kappa shape index (κ1) is 32.0. The van der Waals surface area contributed by atoms with Gasteiger partial charge < -0.3 is 32.5 Å². The molecule has 3 amide bonds. The minimum absolute atomic E-state index is 0.0394. The first-order valence-electron chi connectivity index (χ1n) is 13.1. The van der Waals surface area contributed by atoms with E-state index in [2.05, 4.69) is 16.0 Å². The molecule has 0 fully saturated rings. The quantitative estimate of drug-likeness (QED) is 0.168. The number of carbonyl (C=O) groups excluding carboxylic acids is 3. The highest BCUT2D eigenvalue weighted by molar-refractivity contribution is 5.94. The van der Waals surface area contributed by atoms with E-state index in [1.54, 1.807) is 24.3 Å². The van der Waals surface area contributed by atoms with Crippen molar-refractivity contribution in [3.8, 4) is 0 Å². The molecule has 10 heteroatoms. The Labute approximate surface area is 220 Å². The zero-order chi connectivity index (χ0) is 28.0. The van der Waals surface area contributed by atoms with Gasteiger partial charge in [-0.2, -0.15) is 0 Å². The predicted octanol–water partition coefficient (Wildman–Crippen LogP) is 1.32. The number of carbonyl (C=O) groups is 4. The van der Waals surface area contributed by atoms with Gasteiger partial charge in [0.15, 0.2) is 0 Å². The van der Waals surface area contributed by atoms with E-state index in [9.17, 15) is 24.3 Å². The molecule has 1 aromatic carbocycles. The second-order valence-electron chi connectivity index (χ2n) is 10.0. The second kappa shape index (κ2) is 16.7. The van der Waals surface area contributed by atoms with Gasteiger partial charge in [0, 0.05) is 6.42 Å². The highest BCUT2D eigenvalue weighted by Gasteiger charge is 2.31. The van der Waals surface area contributed by atoms with Crippen LogP contribution in [-0.2, 0) is 25.6 Å². The van der Waals surface area contributed by atoms with Crippen LogP contribution in [0.25, 0.3) is 0 Å². The molecule has 0 radical (unpaired) electrons. The van der Waals surface area contributed by atoms with Crippen LogP contribution in [0.5, 0.6) is 0 Å². The van der Waals surface area contributed by atoms with Crippen molar-refractivity contribution in [2.75, 3.05) is 6.54 Å². The van der Waals surface area contributed by atoms with Gasteiger partial charge in [-0.3, -0.25) is 14.4 Å². The molecule has 0 spiro atoms. The molecule has 0 aliphatic rings. The summed E-state index contributed by atoms with van der Waals surface area (Å²) in [6, 6.07) is 5.20. The highest BCUT2D eigenvalue weighted by Crippen LogP contribution is 2.11. The van der Waals surface area contributed by atoms with Crippen LogP contribution in [0.15, 0.2) is 30.3 Å². The fourth-order valence-electron chi connectivity index (χ4n) is 3.84. The van der Waals surface area contributed by atoms with E-state index in [0.29, 0.717) is 38.6 Å². The normalized spacial score (nSPS) is 15.2. The average molecular weight is 520 g/mol. The summed E-state index contributed by atoms with van der Waals surface area (Å²) in [5.41, 5.74) is 12.4. The second-order valence-corrected chi connectivity index (χ2v) is 10.0. The summed E-state index contributed by atoms with van der Waals surface area (Å²) in [4.78, 5) is 50.9. The third kappa shape index (κ3) is 11.7. The minimum atomic E-state index is -1.17. The number of nitrogens with one attached hydrogen (secondary N) is 3. The predicted molar refractivity (Wildman–Crippen MR) is 143 cm³/mol. The Morgan fingerprint density at radius 2 is 1.43 bits per heavy atom. The summed E-state index contributed by atoms with van der Waals surface area (Å²) in [5.74, 6) is -2.73. The van der Waals surface area contributed by atoms with Gasteiger partial charge in [-0.25, -0.2) is 4.79 Å². The third-order valence-corrected chi connectivity index (χ3v) is 6.38. The summed E-state index contributed by atoms with van der Waals surface area (Å²) < 4.78 is 0. The van der Waals surface area contributed by atoms with Crippen LogP contribution in [0.3, 0.4) is 0 Å². The number of carboxylic acid groups (broad SMARTS) is 1. The maximum absolute atomic E-state index is 13.2. The third-order valence-electron chi connectivity index (χ3n) is 6.38. The molecule has 0 aromatic heterocycles. The molecule has 1 aromatic rings. The Bertz CT molecular complexity index is 864. The van der Waals surface area contributed by atoms with Crippen molar-refractivity contribution >= 4 is 23.7 Å². The van der Waals surface area contributed by atoms with Gasteiger partial charge >= 0.3 is 5.97 Å². The first-order valence-corrected chi connectivity index (χ1v) is 13.1. The Balaban J connectivity index is 3.01. The van der Waals surface area contributed by atoms with Crippen LogP contribution in [0, 0.1) is 11.8 Å². The van der Waals surface area contributed by atoms with E-state index in [1.807, 2.05) is 33.8 Å². The van der Waals surface area contributed by atoms with Crippen LogP contribution < -0.4 is 27.4 Å². The smallest absolute Gasteiger partial charge is 0.326 e. The lowest BCUT2D eigenvalue weighted by atomic mass is 9.98. The lowest BCUT2D eigenvalue weighted by Crippen LogP contribution is -2.58. The van der Waals surface area contributed by atoms with Crippen LogP contribution in [-0.4, -0.2) is 59.5 Å². The molecule has 0 heterocycles. The number of rotatable bonds is 17. The first-order chi connectivity index (χ1) is 17.5. The fourth-order valence-corrected chi connectivity index (χ4v) is 3.84. The molecule has 208 valence electrons. The largest absolute Gasteiger partial charge is 0.480 e. The van der Waals surface area contributed by atoms with Crippen molar-refractivity contribution in [2.24, 2.45) is 23.3 Å². The van der Waals surface area contributed by atoms with Crippen molar-refractivity contribution in [1.29, 1.82) is 0 Å². The maximum atomic E-state index is 13.2. The van der Waals surface area contributed by atoms with E-state index >= 15 is 0 Å². The molecule has 8 N–H and O–H groups in total. The summed E-state index contributed by atoms with van der Waals surface area (Å²) in [5, 5.41) is 17.7. The summed E-state index contributed by atoms with van der Waals surface area (Å²) >= 11 is 0. The van der Waals surface area contributed by atoms with Gasteiger partial charge in [0.05, 0.1) is 6.04 Å². The Hall–Kier alpha value is -2.98. The van der Waals surface area contributed by atoms with Crippen molar-refractivity contribution in [1.82, 2.24) is 16.0 Å². The zero-order valence-corrected chi connectivity index (χ0v) is 22.5. The molecule has 0 aliphatic heterocycles. The highest BCUT2D eigenvalue weighted by atomic mass is 16.4. The van der Waals surface area contributed by atoms with E-state index in [0.717, 1.165) is 5.56 Å². The number of aliphatic carboxylic acids is 1. The molecular weight excluding hydrogens is 474 g/mol. The average Bonchev–Trinajstić information content (AvgIpc) is 2.86. The SMILES string of the molecule is CCC(C)C(N)C(=O)NC(CCCCN)C(=O)NC(CC(C)C)C(=O)NC(Cc1ccccc1)C(=O)O. The molecule has 10 nitrogen and oxygen atoms in total. The lowest BCUT2D eigenvalue weighted by Gasteiger charge is -2.27. The van der Waals surface area contributed by atoms with Crippen molar-refractivity contribution in [3.05, 3.63) is 35.9 Å². The molecule has 5 unspecified atom stereocenters. The number of carboxylic acids is 1. The van der Waals surface area contributed by atoms with Gasteiger partial charge in [-0.15, -0.1) is 0 Å². The fraction of sp³-hybridized carbons (Fsp3) is 0.630. The minimum Gasteiger partial charge on any atom is -0.480 e. The Morgan fingerprint density at radius 3 is 1.97 bits per heavy atom. The van der Waals surface area contributed by atoms with Crippen molar-refractivity contribution < 1.29 is 24.3 Å². The Kier molecular flexibility index (Phi) is 14.5. The number of amides is 3. The van der Waals surface area contributed by atoms with E-state index in [4.69, 9.17) is 11.5 Å². The number of hydrogen-bond donors (Lipinski definition) is 6. The molecule has 0 saturated heterocycles. The number of nitrogens with two attached hydrogens (primary N) is 2. The van der Waals surface area contributed by atoms with Crippen LogP contribution in [0.4, 0.5) is 0 Å². The molecule has 0 aliphatic carbocycles. The zero-order valence-electron chi connectivity index (χ0n) is 22.5. The van der Waals surface area contributed by atoms with Crippen LogP contribution in [0.1, 0.15) is 65.4 Å². The molecule has 0 saturated carbocycles. The summed E-state index contributed by atoms with van der Waals surface area (Å²) in [6.45, 7) is 8.05. The monoisotopic (exact) mass is 519 g/mol. The standard InChI is InChI=1S/C27H45N5O5/c1-5-18(4)23(29)26(35)30-20(13-9-10-14-28)24(33)31-21(15-17(2)3)25(34)32-22(27(36)37)16-19-11-7-6-8-12-19/h6-8,11-12,17-18,20-23H,5,9-10,13-16,28-29H2,1-4H3,(H,30,35)(H,31,33)(H,32,34)(H,36,37). The maximum Gasteiger partial charge on any atom is 0.326 e. The van der Waals surface area contributed by atoms with Crippen molar-refractivity contribution in [2.45, 2.75) is 90.4 Å². The van der Waals surface area contributed by atoms with Gasteiger partial charge in [0.25, 0.3) is 0 Å². The number of hydrogen-bond acceptors (Lipinski definition) is 6. The lowest BCUT2D eigenvalue weighted by molar-refractivity contribution is -0.142. The van der Waals surface area contributed by atoms with Crippen LogP contribution in [0.2, 0.25) is 0 Å². The molecule has 1 rings (SSSR count). The Morgan fingerprint density at radius 1 is 0.865 bits per heavy atom. The number of unbranched alkanes of at least 4 members (excludes halogenated alkanes) is 1.